The van der Waals surface area contributed by atoms with Crippen LogP contribution in [0.1, 0.15) is 37.6 Å². The van der Waals surface area contributed by atoms with Crippen molar-refractivity contribution in [1.82, 2.24) is 10.3 Å². The van der Waals surface area contributed by atoms with Gasteiger partial charge in [-0.2, -0.15) is 0 Å². The number of likely N-dealkylation sites (N-methyl/N-ethyl adjacent to an activating group) is 1. The van der Waals surface area contributed by atoms with E-state index in [-0.39, 0.29) is 0 Å². The number of rotatable bonds is 6. The molecular formula is C13H23N3OS. The zero-order chi connectivity index (χ0) is 13.0. The molecule has 2 heterocycles. The first-order valence-electron chi connectivity index (χ1n) is 6.72. The summed E-state index contributed by atoms with van der Waals surface area (Å²) in [5.41, 5.74) is 0. The summed E-state index contributed by atoms with van der Waals surface area (Å²) in [6.07, 6.45) is 4.27. The zero-order valence-corrected chi connectivity index (χ0v) is 12.3. The fraction of sp³-hybridized carbons (Fsp3) is 0.769. The molecule has 102 valence electrons. The van der Waals surface area contributed by atoms with Gasteiger partial charge in [-0.05, 0) is 26.3 Å². The third kappa shape index (κ3) is 3.22. The first-order valence-corrected chi connectivity index (χ1v) is 7.53. The number of hydrogen-bond donors (Lipinski definition) is 1. The topological polar surface area (TPSA) is 37.4 Å². The molecule has 0 aliphatic carbocycles. The normalized spacial score (nSPS) is 21.2. The van der Waals surface area contributed by atoms with Crippen LogP contribution in [0.15, 0.2) is 6.20 Å². The van der Waals surface area contributed by atoms with Crippen molar-refractivity contribution in [2.45, 2.75) is 38.8 Å². The van der Waals surface area contributed by atoms with Crippen molar-refractivity contribution in [3.63, 3.8) is 0 Å². The van der Waals surface area contributed by atoms with Crippen molar-refractivity contribution in [1.29, 1.82) is 0 Å². The third-order valence-electron chi connectivity index (χ3n) is 3.39. The number of nitrogens with zero attached hydrogens (tertiary/aromatic N) is 2. The van der Waals surface area contributed by atoms with E-state index in [1.807, 2.05) is 6.20 Å². The van der Waals surface area contributed by atoms with Gasteiger partial charge in [0.15, 0.2) is 5.13 Å². The molecule has 1 saturated heterocycles. The fourth-order valence-electron chi connectivity index (χ4n) is 2.09. The van der Waals surface area contributed by atoms with Crippen LogP contribution in [-0.2, 0) is 4.74 Å². The average Bonchev–Trinajstić information content (AvgIpc) is 3.05. The lowest BCUT2D eigenvalue weighted by molar-refractivity contribution is 0.193. The van der Waals surface area contributed by atoms with Crippen LogP contribution in [0.4, 0.5) is 5.13 Å². The lowest BCUT2D eigenvalue weighted by Crippen LogP contribution is -2.31. The molecule has 1 aliphatic heterocycles. The van der Waals surface area contributed by atoms with Gasteiger partial charge >= 0.3 is 0 Å². The van der Waals surface area contributed by atoms with Crippen molar-refractivity contribution in [3.05, 3.63) is 11.1 Å². The second-order valence-electron chi connectivity index (χ2n) is 4.85. The molecule has 2 atom stereocenters. The van der Waals surface area contributed by atoms with E-state index < -0.39 is 0 Å². The Morgan fingerprint density at radius 1 is 1.67 bits per heavy atom. The zero-order valence-electron chi connectivity index (χ0n) is 11.5. The van der Waals surface area contributed by atoms with Gasteiger partial charge in [0.25, 0.3) is 0 Å². The highest BCUT2D eigenvalue weighted by Gasteiger charge is 2.23. The number of ether oxygens (including phenoxy) is 1. The lowest BCUT2D eigenvalue weighted by Gasteiger charge is -2.22. The van der Waals surface area contributed by atoms with Gasteiger partial charge in [0.2, 0.25) is 0 Å². The van der Waals surface area contributed by atoms with E-state index in [2.05, 4.69) is 36.1 Å². The Balaban J connectivity index is 1.96. The minimum absolute atomic E-state index is 0.393. The molecule has 2 unspecified atom stereocenters. The molecule has 5 heteroatoms. The minimum Gasteiger partial charge on any atom is -0.379 e. The molecule has 0 aromatic carbocycles. The highest BCUT2D eigenvalue weighted by Crippen LogP contribution is 2.28. The first-order chi connectivity index (χ1) is 8.72. The number of anilines is 1. The molecule has 1 aromatic rings. The maximum Gasteiger partial charge on any atom is 0.185 e. The second-order valence-corrected chi connectivity index (χ2v) is 5.89. The molecule has 1 aromatic heterocycles. The summed E-state index contributed by atoms with van der Waals surface area (Å²) in [4.78, 5) is 8.11. The molecule has 0 amide bonds. The molecule has 1 N–H and O–H groups in total. The van der Waals surface area contributed by atoms with Gasteiger partial charge in [-0.1, -0.05) is 6.92 Å². The van der Waals surface area contributed by atoms with Crippen molar-refractivity contribution < 1.29 is 4.74 Å². The van der Waals surface area contributed by atoms with Crippen molar-refractivity contribution in [2.24, 2.45) is 0 Å². The summed E-state index contributed by atoms with van der Waals surface area (Å²) in [7, 11) is 2.12. The molecule has 0 bridgehead atoms. The number of thiazole rings is 1. The first kappa shape index (κ1) is 13.8. The van der Waals surface area contributed by atoms with Gasteiger partial charge < -0.3 is 15.0 Å². The van der Waals surface area contributed by atoms with Crippen molar-refractivity contribution in [2.75, 3.05) is 31.7 Å². The molecule has 1 aliphatic rings. The molecule has 1 fully saturated rings. The monoisotopic (exact) mass is 269 g/mol. The number of nitrogens with one attached hydrogen (secondary N) is 1. The molecule has 0 saturated carbocycles. The largest absolute Gasteiger partial charge is 0.379 e. The lowest BCUT2D eigenvalue weighted by atomic mass is 10.2. The maximum atomic E-state index is 5.43. The Morgan fingerprint density at radius 3 is 3.17 bits per heavy atom. The van der Waals surface area contributed by atoms with Crippen LogP contribution in [0.3, 0.4) is 0 Å². The Hall–Kier alpha value is -0.650. The van der Waals surface area contributed by atoms with Gasteiger partial charge in [-0.3, -0.25) is 0 Å². The predicted octanol–water partition coefficient (Wildman–Crippen LogP) is 2.43. The third-order valence-corrected chi connectivity index (χ3v) is 4.66. The molecule has 18 heavy (non-hydrogen) atoms. The van der Waals surface area contributed by atoms with E-state index in [9.17, 15) is 0 Å². The number of hydrogen-bond acceptors (Lipinski definition) is 5. The van der Waals surface area contributed by atoms with Crippen LogP contribution in [0, 0.1) is 0 Å². The molecule has 0 spiro atoms. The average molecular weight is 269 g/mol. The van der Waals surface area contributed by atoms with E-state index in [0.717, 1.165) is 37.7 Å². The molecular weight excluding hydrogens is 246 g/mol. The van der Waals surface area contributed by atoms with Crippen LogP contribution in [0.2, 0.25) is 0 Å². The Bertz CT molecular complexity index is 363. The standard InChI is InChI=1S/C13H23N3OS/c1-4-6-14-10(2)12-8-15-13(18-12)16(3)11-5-7-17-9-11/h8,10-11,14H,4-7,9H2,1-3H3. The van der Waals surface area contributed by atoms with E-state index in [1.165, 1.54) is 4.88 Å². The van der Waals surface area contributed by atoms with E-state index >= 15 is 0 Å². The van der Waals surface area contributed by atoms with E-state index in [0.29, 0.717) is 12.1 Å². The van der Waals surface area contributed by atoms with E-state index in [1.54, 1.807) is 11.3 Å². The summed E-state index contributed by atoms with van der Waals surface area (Å²) in [6.45, 7) is 7.15. The van der Waals surface area contributed by atoms with Crippen LogP contribution in [0.25, 0.3) is 0 Å². The summed E-state index contributed by atoms with van der Waals surface area (Å²) < 4.78 is 5.43. The van der Waals surface area contributed by atoms with Crippen molar-refractivity contribution >= 4 is 16.5 Å². The van der Waals surface area contributed by atoms with Gasteiger partial charge in [0.1, 0.15) is 0 Å². The van der Waals surface area contributed by atoms with Crippen LogP contribution >= 0.6 is 11.3 Å². The Morgan fingerprint density at radius 2 is 2.50 bits per heavy atom. The van der Waals surface area contributed by atoms with Crippen molar-refractivity contribution in [3.8, 4) is 0 Å². The Labute approximate surface area is 113 Å². The minimum atomic E-state index is 0.393. The van der Waals surface area contributed by atoms with Crippen LogP contribution < -0.4 is 10.2 Å². The molecule has 0 radical (unpaired) electrons. The Kier molecular flexibility index (Phi) is 4.97. The van der Waals surface area contributed by atoms with Gasteiger partial charge in [0, 0.05) is 30.8 Å². The summed E-state index contributed by atoms with van der Waals surface area (Å²) in [6, 6.07) is 0.882. The second kappa shape index (κ2) is 6.50. The SMILES string of the molecule is CCCNC(C)c1cnc(N(C)C2CCOC2)s1. The summed E-state index contributed by atoms with van der Waals surface area (Å²) in [5, 5.41) is 4.60. The van der Waals surface area contributed by atoms with Crippen LogP contribution in [0.5, 0.6) is 0 Å². The highest BCUT2D eigenvalue weighted by molar-refractivity contribution is 7.15. The maximum absolute atomic E-state index is 5.43. The van der Waals surface area contributed by atoms with Crippen LogP contribution in [-0.4, -0.2) is 37.8 Å². The van der Waals surface area contributed by atoms with Gasteiger partial charge in [0.05, 0.1) is 12.6 Å². The van der Waals surface area contributed by atoms with Gasteiger partial charge in [-0.15, -0.1) is 11.3 Å². The number of aromatic nitrogens is 1. The fourth-order valence-corrected chi connectivity index (χ4v) is 3.06. The molecule has 4 nitrogen and oxygen atoms in total. The summed E-state index contributed by atoms with van der Waals surface area (Å²) in [5.74, 6) is 0. The quantitative estimate of drug-likeness (QED) is 0.860. The molecule has 2 rings (SSSR count). The van der Waals surface area contributed by atoms with E-state index in [4.69, 9.17) is 4.74 Å². The summed E-state index contributed by atoms with van der Waals surface area (Å²) >= 11 is 1.78. The highest BCUT2D eigenvalue weighted by atomic mass is 32.1. The van der Waals surface area contributed by atoms with Gasteiger partial charge in [-0.25, -0.2) is 4.98 Å². The predicted molar refractivity (Wildman–Crippen MR) is 76.4 cm³/mol. The smallest absolute Gasteiger partial charge is 0.185 e.